The Morgan fingerprint density at radius 1 is 1.18 bits per heavy atom. The van der Waals surface area contributed by atoms with Crippen LogP contribution in [-0.2, 0) is 6.42 Å². The number of hydrogen-bond donors (Lipinski definition) is 0. The van der Waals surface area contributed by atoms with E-state index >= 15 is 0 Å². The Bertz CT molecular complexity index is 302. The van der Waals surface area contributed by atoms with Gasteiger partial charge in [0.1, 0.15) is 0 Å². The minimum absolute atomic E-state index is 0.807. The van der Waals surface area contributed by atoms with Gasteiger partial charge in [0.15, 0.2) is 0 Å². The highest BCUT2D eigenvalue weighted by atomic mass is 15.1. The Kier molecular flexibility index (Phi) is 4.99. The number of rotatable bonds is 4. The molecule has 0 unspecified atom stereocenters. The van der Waals surface area contributed by atoms with Gasteiger partial charge in [-0.05, 0) is 32.0 Å². The van der Waals surface area contributed by atoms with E-state index in [9.17, 15) is 0 Å². The summed E-state index contributed by atoms with van der Waals surface area (Å²) in [6, 6.07) is 6.99. The lowest BCUT2D eigenvalue weighted by Gasteiger charge is -2.26. The first-order chi connectivity index (χ1) is 8.36. The predicted molar refractivity (Wildman–Crippen MR) is 72.1 cm³/mol. The predicted octanol–water partition coefficient (Wildman–Crippen LogP) is 3.28. The van der Waals surface area contributed by atoms with Crippen LogP contribution in [0.25, 0.3) is 0 Å². The maximum atomic E-state index is 4.39. The van der Waals surface area contributed by atoms with Crippen LogP contribution in [0.15, 0.2) is 24.4 Å². The molecule has 1 saturated carbocycles. The summed E-state index contributed by atoms with van der Waals surface area (Å²) in [5, 5.41) is 0. The van der Waals surface area contributed by atoms with Crippen molar-refractivity contribution in [1.82, 2.24) is 9.88 Å². The minimum atomic E-state index is 0.807. The number of likely N-dealkylation sites (N-methyl/N-ethyl adjacent to an activating group) is 1. The van der Waals surface area contributed by atoms with Crippen LogP contribution in [0.2, 0.25) is 0 Å². The van der Waals surface area contributed by atoms with Gasteiger partial charge in [-0.3, -0.25) is 4.98 Å². The largest absolute Gasteiger partial charge is 0.303 e. The van der Waals surface area contributed by atoms with E-state index in [4.69, 9.17) is 0 Å². The molecular formula is C15H24N2. The number of pyridine rings is 1. The summed E-state index contributed by atoms with van der Waals surface area (Å²) in [4.78, 5) is 6.93. The fourth-order valence-corrected chi connectivity index (χ4v) is 2.72. The third-order valence-corrected chi connectivity index (χ3v) is 3.89. The molecule has 2 heteroatoms. The summed E-state index contributed by atoms with van der Waals surface area (Å²) in [6.07, 6.45) is 11.4. The Hall–Kier alpha value is -0.890. The van der Waals surface area contributed by atoms with Gasteiger partial charge in [-0.1, -0.05) is 31.7 Å². The van der Waals surface area contributed by atoms with E-state index in [2.05, 4.69) is 29.1 Å². The molecule has 1 aromatic rings. The molecule has 0 atom stereocenters. The van der Waals surface area contributed by atoms with E-state index in [1.165, 1.54) is 44.2 Å². The van der Waals surface area contributed by atoms with Crippen molar-refractivity contribution >= 4 is 0 Å². The molecule has 0 saturated heterocycles. The first kappa shape index (κ1) is 12.6. The van der Waals surface area contributed by atoms with Crippen molar-refractivity contribution in [2.75, 3.05) is 13.6 Å². The van der Waals surface area contributed by atoms with Gasteiger partial charge in [-0.2, -0.15) is 0 Å². The van der Waals surface area contributed by atoms with E-state index in [1.54, 1.807) is 0 Å². The van der Waals surface area contributed by atoms with Gasteiger partial charge in [0.2, 0.25) is 0 Å². The molecule has 94 valence electrons. The van der Waals surface area contributed by atoms with Gasteiger partial charge >= 0.3 is 0 Å². The summed E-state index contributed by atoms with van der Waals surface area (Å²) in [7, 11) is 2.28. The third kappa shape index (κ3) is 4.12. The Morgan fingerprint density at radius 3 is 2.59 bits per heavy atom. The molecule has 1 fully saturated rings. The average molecular weight is 232 g/mol. The maximum absolute atomic E-state index is 4.39. The van der Waals surface area contributed by atoms with Crippen LogP contribution in [0, 0.1) is 0 Å². The Labute approximate surface area is 105 Å². The molecular weight excluding hydrogens is 208 g/mol. The molecule has 0 aromatic carbocycles. The molecule has 0 N–H and O–H groups in total. The fraction of sp³-hybridized carbons (Fsp3) is 0.667. The fourth-order valence-electron chi connectivity index (χ4n) is 2.72. The van der Waals surface area contributed by atoms with Gasteiger partial charge in [0.25, 0.3) is 0 Å². The van der Waals surface area contributed by atoms with Crippen LogP contribution in [0.3, 0.4) is 0 Å². The lowest BCUT2D eigenvalue weighted by atomic mass is 10.1. The van der Waals surface area contributed by atoms with Crippen LogP contribution in [0.4, 0.5) is 0 Å². The molecule has 1 aliphatic carbocycles. The molecule has 1 heterocycles. The second-order valence-corrected chi connectivity index (χ2v) is 5.20. The molecule has 0 radical (unpaired) electrons. The topological polar surface area (TPSA) is 16.1 Å². The molecule has 0 amide bonds. The molecule has 17 heavy (non-hydrogen) atoms. The highest BCUT2D eigenvalue weighted by Gasteiger charge is 2.16. The van der Waals surface area contributed by atoms with Crippen molar-refractivity contribution < 1.29 is 0 Å². The number of aromatic nitrogens is 1. The van der Waals surface area contributed by atoms with Crippen LogP contribution in [0.1, 0.15) is 44.2 Å². The smallest absolute Gasteiger partial charge is 0.0416 e. The van der Waals surface area contributed by atoms with E-state index in [-0.39, 0.29) is 0 Å². The second kappa shape index (κ2) is 6.75. The lowest BCUT2D eigenvalue weighted by Crippen LogP contribution is -2.33. The highest BCUT2D eigenvalue weighted by Crippen LogP contribution is 2.21. The lowest BCUT2D eigenvalue weighted by molar-refractivity contribution is 0.223. The van der Waals surface area contributed by atoms with Crippen LogP contribution < -0.4 is 0 Å². The monoisotopic (exact) mass is 232 g/mol. The zero-order valence-corrected chi connectivity index (χ0v) is 10.9. The van der Waals surface area contributed by atoms with Crippen molar-refractivity contribution in [3.05, 3.63) is 30.1 Å². The zero-order valence-electron chi connectivity index (χ0n) is 10.9. The first-order valence-corrected chi connectivity index (χ1v) is 6.96. The van der Waals surface area contributed by atoms with Crippen LogP contribution >= 0.6 is 0 Å². The third-order valence-electron chi connectivity index (χ3n) is 3.89. The molecule has 2 rings (SSSR count). The van der Waals surface area contributed by atoms with Crippen molar-refractivity contribution in [2.24, 2.45) is 0 Å². The van der Waals surface area contributed by atoms with E-state index in [0.717, 1.165) is 19.0 Å². The van der Waals surface area contributed by atoms with Gasteiger partial charge in [-0.15, -0.1) is 0 Å². The molecule has 2 nitrogen and oxygen atoms in total. The minimum Gasteiger partial charge on any atom is -0.303 e. The molecule has 0 bridgehead atoms. The van der Waals surface area contributed by atoms with Gasteiger partial charge in [0, 0.05) is 30.9 Å². The SMILES string of the molecule is CN(CCc1ccccn1)C1CCCCCC1. The number of hydrogen-bond acceptors (Lipinski definition) is 2. The normalized spacial score (nSPS) is 18.2. The molecule has 1 aromatic heterocycles. The van der Waals surface area contributed by atoms with Gasteiger partial charge in [0.05, 0.1) is 0 Å². The Balaban J connectivity index is 1.78. The molecule has 0 aliphatic heterocycles. The second-order valence-electron chi connectivity index (χ2n) is 5.20. The molecule has 0 spiro atoms. The van der Waals surface area contributed by atoms with Crippen molar-refractivity contribution in [2.45, 2.75) is 51.0 Å². The van der Waals surface area contributed by atoms with E-state index in [1.807, 2.05) is 12.3 Å². The van der Waals surface area contributed by atoms with Crippen LogP contribution in [0.5, 0.6) is 0 Å². The standard InChI is InChI=1S/C15H24N2/c1-17(15-9-4-2-3-5-10-15)13-11-14-8-6-7-12-16-14/h6-8,12,15H,2-5,9-11,13H2,1H3. The van der Waals surface area contributed by atoms with E-state index in [0.29, 0.717) is 0 Å². The summed E-state index contributed by atoms with van der Waals surface area (Å²) >= 11 is 0. The summed E-state index contributed by atoms with van der Waals surface area (Å²) in [6.45, 7) is 1.14. The zero-order chi connectivity index (χ0) is 11.9. The van der Waals surface area contributed by atoms with Crippen molar-refractivity contribution in [3.8, 4) is 0 Å². The van der Waals surface area contributed by atoms with Gasteiger partial charge in [-0.25, -0.2) is 0 Å². The summed E-state index contributed by atoms with van der Waals surface area (Å²) in [5.41, 5.74) is 1.22. The average Bonchev–Trinajstić information content (AvgIpc) is 2.66. The quantitative estimate of drug-likeness (QED) is 0.741. The Morgan fingerprint density at radius 2 is 1.94 bits per heavy atom. The van der Waals surface area contributed by atoms with Crippen molar-refractivity contribution in [1.29, 1.82) is 0 Å². The highest BCUT2D eigenvalue weighted by molar-refractivity contribution is 5.03. The van der Waals surface area contributed by atoms with Crippen molar-refractivity contribution in [3.63, 3.8) is 0 Å². The number of nitrogens with zero attached hydrogens (tertiary/aromatic N) is 2. The first-order valence-electron chi connectivity index (χ1n) is 6.96. The summed E-state index contributed by atoms with van der Waals surface area (Å²) < 4.78 is 0. The summed E-state index contributed by atoms with van der Waals surface area (Å²) in [5.74, 6) is 0. The van der Waals surface area contributed by atoms with Crippen LogP contribution in [-0.4, -0.2) is 29.5 Å². The molecule has 1 aliphatic rings. The van der Waals surface area contributed by atoms with E-state index < -0.39 is 0 Å². The van der Waals surface area contributed by atoms with Gasteiger partial charge < -0.3 is 4.90 Å². The maximum Gasteiger partial charge on any atom is 0.0416 e.